The smallest absolute Gasteiger partial charge is 0.260 e. The molecule has 0 spiro atoms. The van der Waals surface area contributed by atoms with E-state index in [1.54, 1.807) is 25.6 Å². The molecular formula is C22H26N2O3S. The molecular weight excluding hydrogens is 372 g/mol. The number of H-pyrrole nitrogens is 1. The first-order chi connectivity index (χ1) is 13.3. The lowest BCUT2D eigenvalue weighted by Crippen LogP contribution is -2.26. The Bertz CT molecular complexity index is 1090. The van der Waals surface area contributed by atoms with E-state index >= 15 is 0 Å². The molecule has 4 rings (SSSR count). The van der Waals surface area contributed by atoms with Gasteiger partial charge in [-0.3, -0.25) is 4.79 Å². The molecule has 0 saturated heterocycles. The molecule has 6 heteroatoms. The van der Waals surface area contributed by atoms with Crippen LogP contribution in [0.25, 0.3) is 21.6 Å². The number of hydrogen-bond acceptors (Lipinski definition) is 5. The van der Waals surface area contributed by atoms with Gasteiger partial charge < -0.3 is 14.5 Å². The molecule has 1 aliphatic carbocycles. The minimum Gasteiger partial charge on any atom is -0.493 e. The highest BCUT2D eigenvalue weighted by molar-refractivity contribution is 7.18. The summed E-state index contributed by atoms with van der Waals surface area (Å²) in [5.74, 6) is 2.46. The summed E-state index contributed by atoms with van der Waals surface area (Å²) < 4.78 is 10.7. The van der Waals surface area contributed by atoms with E-state index in [0.29, 0.717) is 23.2 Å². The van der Waals surface area contributed by atoms with E-state index in [1.807, 2.05) is 18.2 Å². The first-order valence-corrected chi connectivity index (χ1v) is 10.4. The van der Waals surface area contributed by atoms with Crippen molar-refractivity contribution in [3.63, 3.8) is 0 Å². The van der Waals surface area contributed by atoms with Crippen LogP contribution in [0.2, 0.25) is 0 Å². The maximum Gasteiger partial charge on any atom is 0.260 e. The Hall–Kier alpha value is -2.34. The summed E-state index contributed by atoms with van der Waals surface area (Å²) in [6, 6.07) is 5.55. The van der Waals surface area contributed by atoms with E-state index in [4.69, 9.17) is 14.5 Å². The van der Waals surface area contributed by atoms with Gasteiger partial charge in [-0.05, 0) is 54.4 Å². The number of ether oxygens (including phenoxy) is 2. The number of nitrogens with zero attached hydrogens (tertiary/aromatic N) is 1. The van der Waals surface area contributed by atoms with Crippen molar-refractivity contribution in [3.8, 4) is 22.9 Å². The average Bonchev–Trinajstić information content (AvgIpc) is 3.04. The van der Waals surface area contributed by atoms with Crippen molar-refractivity contribution in [2.24, 2.45) is 11.3 Å². The van der Waals surface area contributed by atoms with Crippen molar-refractivity contribution in [3.05, 3.63) is 39.0 Å². The van der Waals surface area contributed by atoms with Crippen LogP contribution in [0.5, 0.6) is 11.5 Å². The van der Waals surface area contributed by atoms with Crippen molar-refractivity contribution in [2.75, 3.05) is 14.2 Å². The fourth-order valence-electron chi connectivity index (χ4n) is 4.04. The number of nitrogens with one attached hydrogen (secondary N) is 1. The molecule has 1 N–H and O–H groups in total. The van der Waals surface area contributed by atoms with E-state index in [-0.39, 0.29) is 11.0 Å². The predicted molar refractivity (Wildman–Crippen MR) is 114 cm³/mol. The SMILES string of the molecule is COc1ccc(-c2nc3sc4c(c3c(=O)[nH]2)CCC(C(C)(C)C)C4)cc1OC. The standard InChI is InChI=1S/C22H26N2O3S/c1-22(2,3)13-7-8-14-17(11-13)28-21-18(14)20(25)23-19(24-21)12-6-9-15(26-4)16(10-12)27-5/h6,9-10,13H,7-8,11H2,1-5H3,(H,23,24,25). The molecule has 1 atom stereocenters. The molecule has 0 fully saturated rings. The Kier molecular flexibility index (Phi) is 4.70. The van der Waals surface area contributed by atoms with Crippen LogP contribution in [0.15, 0.2) is 23.0 Å². The van der Waals surface area contributed by atoms with E-state index in [0.717, 1.165) is 35.0 Å². The second-order valence-corrected chi connectivity index (χ2v) is 9.56. The van der Waals surface area contributed by atoms with Crippen LogP contribution in [0.3, 0.4) is 0 Å². The third-order valence-corrected chi connectivity index (χ3v) is 6.95. The maximum absolute atomic E-state index is 12.9. The number of aromatic amines is 1. The van der Waals surface area contributed by atoms with Crippen LogP contribution in [0, 0.1) is 11.3 Å². The Labute approximate surface area is 168 Å². The Morgan fingerprint density at radius 1 is 1.18 bits per heavy atom. The molecule has 0 radical (unpaired) electrons. The lowest BCUT2D eigenvalue weighted by Gasteiger charge is -2.33. The molecule has 1 unspecified atom stereocenters. The summed E-state index contributed by atoms with van der Waals surface area (Å²) in [5.41, 5.74) is 2.23. The van der Waals surface area contributed by atoms with Crippen LogP contribution in [0.1, 0.15) is 37.6 Å². The fraction of sp³-hybridized carbons (Fsp3) is 0.455. The number of aryl methyl sites for hydroxylation is 1. The number of thiophene rings is 1. The zero-order valence-corrected chi connectivity index (χ0v) is 17.8. The maximum atomic E-state index is 12.9. The number of rotatable bonds is 3. The Morgan fingerprint density at radius 2 is 1.93 bits per heavy atom. The summed E-state index contributed by atoms with van der Waals surface area (Å²) in [4.78, 5) is 22.8. The summed E-state index contributed by atoms with van der Waals surface area (Å²) in [7, 11) is 3.20. The molecule has 2 aromatic heterocycles. The molecule has 0 bridgehead atoms. The molecule has 28 heavy (non-hydrogen) atoms. The molecule has 2 heterocycles. The van der Waals surface area contributed by atoms with Gasteiger partial charge in [0.25, 0.3) is 5.56 Å². The third kappa shape index (κ3) is 3.20. The van der Waals surface area contributed by atoms with E-state index < -0.39 is 0 Å². The third-order valence-electron chi connectivity index (χ3n) is 5.80. The number of aromatic nitrogens is 2. The number of benzene rings is 1. The van der Waals surface area contributed by atoms with Crippen LogP contribution in [-0.4, -0.2) is 24.2 Å². The quantitative estimate of drug-likeness (QED) is 0.687. The molecule has 148 valence electrons. The normalized spacial score (nSPS) is 16.8. The zero-order valence-electron chi connectivity index (χ0n) is 17.0. The molecule has 1 aromatic carbocycles. The van der Waals surface area contributed by atoms with Crippen molar-refractivity contribution in [2.45, 2.75) is 40.0 Å². The second kappa shape index (κ2) is 6.92. The highest BCUT2D eigenvalue weighted by Gasteiger charge is 2.31. The van der Waals surface area contributed by atoms with Gasteiger partial charge in [-0.25, -0.2) is 4.98 Å². The number of fused-ring (bicyclic) bond motifs is 3. The lowest BCUT2D eigenvalue weighted by molar-refractivity contribution is 0.218. The molecule has 1 aliphatic rings. The first kappa shape index (κ1) is 19.0. The number of hydrogen-bond donors (Lipinski definition) is 1. The van der Waals surface area contributed by atoms with Gasteiger partial charge >= 0.3 is 0 Å². The van der Waals surface area contributed by atoms with Crippen molar-refractivity contribution in [1.82, 2.24) is 9.97 Å². The number of methoxy groups -OCH3 is 2. The molecule has 5 nitrogen and oxygen atoms in total. The van der Waals surface area contributed by atoms with E-state index in [9.17, 15) is 4.79 Å². The monoisotopic (exact) mass is 398 g/mol. The zero-order chi connectivity index (χ0) is 20.1. The molecule has 0 amide bonds. The Balaban J connectivity index is 1.79. The molecule has 3 aromatic rings. The van der Waals surface area contributed by atoms with E-state index in [2.05, 4.69) is 25.8 Å². The van der Waals surface area contributed by atoms with Crippen molar-refractivity contribution in [1.29, 1.82) is 0 Å². The minimum atomic E-state index is -0.0542. The van der Waals surface area contributed by atoms with Crippen LogP contribution in [-0.2, 0) is 12.8 Å². The van der Waals surface area contributed by atoms with Gasteiger partial charge in [-0.2, -0.15) is 0 Å². The highest BCUT2D eigenvalue weighted by Crippen LogP contribution is 2.42. The van der Waals surface area contributed by atoms with Gasteiger partial charge in [0.2, 0.25) is 0 Å². The van der Waals surface area contributed by atoms with Gasteiger partial charge in [0.05, 0.1) is 19.6 Å². The van der Waals surface area contributed by atoms with E-state index in [1.165, 1.54) is 10.4 Å². The van der Waals surface area contributed by atoms with Gasteiger partial charge in [0.1, 0.15) is 10.7 Å². The van der Waals surface area contributed by atoms with Gasteiger partial charge in [-0.15, -0.1) is 11.3 Å². The highest BCUT2D eigenvalue weighted by atomic mass is 32.1. The van der Waals surface area contributed by atoms with Crippen LogP contribution >= 0.6 is 11.3 Å². The fourth-order valence-corrected chi connectivity index (χ4v) is 5.34. The van der Waals surface area contributed by atoms with Gasteiger partial charge in [0.15, 0.2) is 11.5 Å². The van der Waals surface area contributed by atoms with Crippen LogP contribution in [0.4, 0.5) is 0 Å². The topological polar surface area (TPSA) is 64.2 Å². The van der Waals surface area contributed by atoms with Crippen molar-refractivity contribution < 1.29 is 9.47 Å². The lowest BCUT2D eigenvalue weighted by atomic mass is 9.72. The molecule has 0 aliphatic heterocycles. The van der Waals surface area contributed by atoms with Gasteiger partial charge in [0, 0.05) is 10.4 Å². The summed E-state index contributed by atoms with van der Waals surface area (Å²) in [6.07, 6.45) is 3.11. The largest absolute Gasteiger partial charge is 0.493 e. The average molecular weight is 399 g/mol. The summed E-state index contributed by atoms with van der Waals surface area (Å²) in [6.45, 7) is 6.91. The first-order valence-electron chi connectivity index (χ1n) is 9.58. The second-order valence-electron chi connectivity index (χ2n) is 8.47. The minimum absolute atomic E-state index is 0.0542. The predicted octanol–water partition coefficient (Wildman–Crippen LogP) is 4.82. The van der Waals surface area contributed by atoms with Crippen LogP contribution < -0.4 is 15.0 Å². The van der Waals surface area contributed by atoms with Gasteiger partial charge in [-0.1, -0.05) is 20.8 Å². The summed E-state index contributed by atoms with van der Waals surface area (Å²) >= 11 is 1.67. The summed E-state index contributed by atoms with van der Waals surface area (Å²) in [5, 5.41) is 0.775. The Morgan fingerprint density at radius 3 is 2.61 bits per heavy atom. The van der Waals surface area contributed by atoms with Crippen molar-refractivity contribution >= 4 is 21.6 Å². The molecule has 0 saturated carbocycles.